The van der Waals surface area contributed by atoms with Gasteiger partial charge in [-0.2, -0.15) is 13.2 Å². The van der Waals surface area contributed by atoms with Crippen LogP contribution in [0.15, 0.2) is 18.2 Å². The molecule has 0 spiro atoms. The van der Waals surface area contributed by atoms with E-state index in [-0.39, 0.29) is 5.75 Å². The first kappa shape index (κ1) is 13.2. The molecule has 1 atom stereocenters. The number of methoxy groups -OCH3 is 1. The molecule has 8 heteroatoms. The van der Waals surface area contributed by atoms with Crippen LogP contribution in [-0.2, 0) is 0 Å². The number of halogens is 3. The molecule has 94 valence electrons. The number of ether oxygens (including phenoxy) is 1. The lowest BCUT2D eigenvalue weighted by Gasteiger charge is -2.15. The van der Waals surface area contributed by atoms with Gasteiger partial charge in [-0.1, -0.05) is 0 Å². The summed E-state index contributed by atoms with van der Waals surface area (Å²) in [5, 5.41) is 19.5. The number of nitro benzene ring substituents is 1. The van der Waals surface area contributed by atoms with Gasteiger partial charge in [-0.25, -0.2) is 0 Å². The predicted octanol–water partition coefficient (Wildman–Crippen LogP) is 2.20. The van der Waals surface area contributed by atoms with Gasteiger partial charge in [0.2, 0.25) is 0 Å². The molecule has 0 fully saturated rings. The fourth-order valence-corrected chi connectivity index (χ4v) is 1.20. The van der Waals surface area contributed by atoms with Crippen LogP contribution in [0, 0.1) is 10.1 Å². The molecule has 1 N–H and O–H groups in total. The van der Waals surface area contributed by atoms with Crippen molar-refractivity contribution >= 4 is 5.69 Å². The number of rotatable bonds is 3. The molecular weight excluding hydrogens is 243 g/mol. The number of nitro groups is 1. The maximum Gasteiger partial charge on any atom is 0.418 e. The Hall–Kier alpha value is -1.83. The van der Waals surface area contributed by atoms with Gasteiger partial charge in [-0.3, -0.25) is 10.1 Å². The standard InChI is InChI=1S/C9H8F3NO4/c1-17-7-4-5(8(14)9(10,11)12)2-3-6(7)13(15)16/h2-4,8,14H,1H3. The van der Waals surface area contributed by atoms with Gasteiger partial charge in [-0.05, 0) is 17.7 Å². The van der Waals surface area contributed by atoms with Crippen molar-refractivity contribution < 1.29 is 27.9 Å². The Morgan fingerprint density at radius 2 is 2.06 bits per heavy atom. The molecule has 17 heavy (non-hydrogen) atoms. The largest absolute Gasteiger partial charge is 0.490 e. The van der Waals surface area contributed by atoms with E-state index in [9.17, 15) is 23.3 Å². The quantitative estimate of drug-likeness (QED) is 0.660. The highest BCUT2D eigenvalue weighted by molar-refractivity contribution is 5.49. The van der Waals surface area contributed by atoms with Gasteiger partial charge in [0.15, 0.2) is 11.9 Å². The minimum absolute atomic E-state index is 0.337. The number of benzene rings is 1. The number of nitrogens with zero attached hydrogens (tertiary/aromatic N) is 1. The van der Waals surface area contributed by atoms with Crippen molar-refractivity contribution in [2.45, 2.75) is 12.3 Å². The van der Waals surface area contributed by atoms with E-state index in [1.54, 1.807) is 0 Å². The summed E-state index contributed by atoms with van der Waals surface area (Å²) in [5.74, 6) is -0.337. The highest BCUT2D eigenvalue weighted by Crippen LogP contribution is 2.36. The molecule has 0 bridgehead atoms. The lowest BCUT2D eigenvalue weighted by atomic mass is 10.1. The van der Waals surface area contributed by atoms with Gasteiger partial charge in [0.05, 0.1) is 12.0 Å². The summed E-state index contributed by atoms with van der Waals surface area (Å²) in [6, 6.07) is 2.47. The van der Waals surface area contributed by atoms with Crippen molar-refractivity contribution in [3.8, 4) is 5.75 Å². The van der Waals surface area contributed by atoms with Crippen LogP contribution in [0.25, 0.3) is 0 Å². The number of hydrogen-bond donors (Lipinski definition) is 1. The first-order valence-corrected chi connectivity index (χ1v) is 4.34. The molecule has 1 rings (SSSR count). The zero-order valence-electron chi connectivity index (χ0n) is 8.56. The zero-order valence-corrected chi connectivity index (χ0v) is 8.56. The summed E-state index contributed by atoms with van der Waals surface area (Å²) in [7, 11) is 1.09. The summed E-state index contributed by atoms with van der Waals surface area (Å²) in [5.41, 5.74) is -0.981. The maximum atomic E-state index is 12.2. The highest BCUT2D eigenvalue weighted by Gasteiger charge is 2.40. The van der Waals surface area contributed by atoms with Crippen LogP contribution in [0.2, 0.25) is 0 Å². The van der Waals surface area contributed by atoms with Crippen LogP contribution in [-0.4, -0.2) is 23.3 Å². The number of hydrogen-bond acceptors (Lipinski definition) is 4. The molecule has 1 aromatic rings. The van der Waals surface area contributed by atoms with Gasteiger partial charge in [0.25, 0.3) is 0 Å². The van der Waals surface area contributed by atoms with Crippen LogP contribution >= 0.6 is 0 Å². The third kappa shape index (κ3) is 2.84. The Morgan fingerprint density at radius 3 is 2.47 bits per heavy atom. The minimum Gasteiger partial charge on any atom is -0.490 e. The van der Waals surface area contributed by atoms with Crippen LogP contribution in [0.4, 0.5) is 18.9 Å². The van der Waals surface area contributed by atoms with Gasteiger partial charge in [-0.15, -0.1) is 0 Å². The van der Waals surface area contributed by atoms with Crippen LogP contribution in [0.5, 0.6) is 5.75 Å². The summed E-state index contributed by atoms with van der Waals surface area (Å²) in [6.45, 7) is 0. The van der Waals surface area contributed by atoms with Crippen LogP contribution < -0.4 is 4.74 Å². The Kier molecular flexibility index (Phi) is 3.56. The summed E-state index contributed by atoms with van der Waals surface area (Å²) in [4.78, 5) is 9.71. The lowest BCUT2D eigenvalue weighted by molar-refractivity contribution is -0.385. The van der Waals surface area contributed by atoms with Crippen molar-refractivity contribution in [2.24, 2.45) is 0 Å². The van der Waals surface area contributed by atoms with E-state index >= 15 is 0 Å². The van der Waals surface area contributed by atoms with Crippen molar-refractivity contribution in [2.75, 3.05) is 7.11 Å². The second-order valence-electron chi connectivity index (χ2n) is 3.13. The molecule has 1 aromatic carbocycles. The molecule has 0 aliphatic carbocycles. The second kappa shape index (κ2) is 4.58. The first-order valence-electron chi connectivity index (χ1n) is 4.34. The minimum atomic E-state index is -4.83. The molecule has 0 saturated carbocycles. The molecule has 5 nitrogen and oxygen atoms in total. The molecule has 0 aliphatic rings. The van der Waals surface area contributed by atoms with Crippen LogP contribution in [0.1, 0.15) is 11.7 Å². The van der Waals surface area contributed by atoms with Crippen molar-refractivity contribution in [1.29, 1.82) is 0 Å². The maximum absolute atomic E-state index is 12.2. The normalized spacial score (nSPS) is 13.2. The van der Waals surface area contributed by atoms with E-state index < -0.39 is 28.5 Å². The third-order valence-corrected chi connectivity index (χ3v) is 2.03. The smallest absolute Gasteiger partial charge is 0.418 e. The zero-order chi connectivity index (χ0) is 13.2. The highest BCUT2D eigenvalue weighted by atomic mass is 19.4. The van der Waals surface area contributed by atoms with E-state index in [0.717, 1.165) is 25.3 Å². The van der Waals surface area contributed by atoms with E-state index in [4.69, 9.17) is 5.11 Å². The average molecular weight is 251 g/mol. The summed E-state index contributed by atoms with van der Waals surface area (Å²) >= 11 is 0. The predicted molar refractivity (Wildman–Crippen MR) is 50.7 cm³/mol. The Labute approximate surface area is 93.6 Å². The molecule has 0 amide bonds. The second-order valence-corrected chi connectivity index (χ2v) is 3.13. The van der Waals surface area contributed by atoms with Crippen molar-refractivity contribution in [1.82, 2.24) is 0 Å². The van der Waals surface area contributed by atoms with E-state index in [1.165, 1.54) is 0 Å². The number of alkyl halides is 3. The van der Waals surface area contributed by atoms with E-state index in [0.29, 0.717) is 0 Å². The molecule has 0 saturated heterocycles. The molecule has 1 unspecified atom stereocenters. The first-order chi connectivity index (χ1) is 7.77. The van der Waals surface area contributed by atoms with Gasteiger partial charge in [0, 0.05) is 6.07 Å². The topological polar surface area (TPSA) is 72.6 Å². The SMILES string of the molecule is COc1cc(C(O)C(F)(F)F)ccc1[N+](=O)[O-]. The van der Waals surface area contributed by atoms with Gasteiger partial charge in [0.1, 0.15) is 0 Å². The molecule has 0 aliphatic heterocycles. The van der Waals surface area contributed by atoms with E-state index in [1.807, 2.05) is 0 Å². The Bertz CT molecular complexity index is 433. The van der Waals surface area contributed by atoms with Gasteiger partial charge >= 0.3 is 11.9 Å². The summed E-state index contributed by atoms with van der Waals surface area (Å²) < 4.78 is 41.2. The molecular formula is C9H8F3NO4. The van der Waals surface area contributed by atoms with Gasteiger partial charge < -0.3 is 9.84 Å². The molecule has 0 radical (unpaired) electrons. The third-order valence-electron chi connectivity index (χ3n) is 2.03. The number of aliphatic hydroxyl groups is 1. The van der Waals surface area contributed by atoms with E-state index in [2.05, 4.69) is 4.74 Å². The average Bonchev–Trinajstić information content (AvgIpc) is 2.25. The molecule has 0 aromatic heterocycles. The monoisotopic (exact) mass is 251 g/mol. The van der Waals surface area contributed by atoms with Crippen LogP contribution in [0.3, 0.4) is 0 Å². The fraction of sp³-hybridized carbons (Fsp3) is 0.333. The Morgan fingerprint density at radius 1 is 1.47 bits per heavy atom. The Balaban J connectivity index is 3.18. The van der Waals surface area contributed by atoms with Crippen molar-refractivity contribution in [3.63, 3.8) is 0 Å². The summed E-state index contributed by atoms with van der Waals surface area (Å²) in [6.07, 6.45) is -7.53. The lowest BCUT2D eigenvalue weighted by Crippen LogP contribution is -2.20. The van der Waals surface area contributed by atoms with Crippen molar-refractivity contribution in [3.05, 3.63) is 33.9 Å². The number of aliphatic hydroxyl groups excluding tert-OH is 1. The molecule has 0 heterocycles. The fourth-order valence-electron chi connectivity index (χ4n) is 1.20.